The van der Waals surface area contributed by atoms with Crippen molar-refractivity contribution in [2.45, 2.75) is 11.6 Å². The molecule has 7 heteroatoms. The summed E-state index contributed by atoms with van der Waals surface area (Å²) in [6, 6.07) is 34.9. The number of hydrogen-bond donors (Lipinski definition) is 1. The van der Waals surface area contributed by atoms with Crippen molar-refractivity contribution in [1.29, 1.82) is 0 Å². The zero-order valence-electron chi connectivity index (χ0n) is 19.9. The fourth-order valence-electron chi connectivity index (χ4n) is 5.25. The highest BCUT2D eigenvalue weighted by atomic mass is 16.6. The number of amides is 1. The van der Waals surface area contributed by atoms with Gasteiger partial charge < -0.3 is 14.3 Å². The molecule has 7 nitrogen and oxygen atoms in total. The molecule has 1 fully saturated rings. The first-order valence-corrected chi connectivity index (χ1v) is 12.0. The molecule has 0 unspecified atom stereocenters. The molecule has 1 saturated heterocycles. The molecule has 5 aromatic rings. The van der Waals surface area contributed by atoms with E-state index in [1.54, 1.807) is 22.8 Å². The predicted molar refractivity (Wildman–Crippen MR) is 140 cm³/mol. The molecule has 0 bridgehead atoms. The Labute approximate surface area is 212 Å². The Morgan fingerprint density at radius 1 is 0.784 bits per heavy atom. The van der Waals surface area contributed by atoms with Gasteiger partial charge in [0.15, 0.2) is 5.58 Å². The molecule has 184 valence electrons. The zero-order valence-corrected chi connectivity index (χ0v) is 19.9. The van der Waals surface area contributed by atoms with E-state index in [2.05, 4.69) is 0 Å². The van der Waals surface area contributed by atoms with Gasteiger partial charge in [0.1, 0.15) is 11.6 Å². The topological polar surface area (TPSA) is 84.9 Å². The van der Waals surface area contributed by atoms with Gasteiger partial charge in [0.05, 0.1) is 24.4 Å². The van der Waals surface area contributed by atoms with E-state index < -0.39 is 23.5 Å². The largest absolute Gasteiger partial charge is 0.441 e. The molecule has 0 saturated carbocycles. The van der Waals surface area contributed by atoms with Gasteiger partial charge in [-0.1, -0.05) is 91.0 Å². The summed E-state index contributed by atoms with van der Waals surface area (Å²) in [7, 11) is 0. The third-order valence-electron chi connectivity index (χ3n) is 6.86. The monoisotopic (exact) mass is 492 g/mol. The highest BCUT2D eigenvalue weighted by molar-refractivity contribution is 5.92. The molecule has 4 aromatic carbocycles. The van der Waals surface area contributed by atoms with Gasteiger partial charge in [-0.15, -0.1) is 0 Å². The van der Waals surface area contributed by atoms with Gasteiger partial charge in [-0.05, 0) is 28.8 Å². The number of cyclic esters (lactones) is 1. The molecule has 2 heterocycles. The maximum absolute atomic E-state index is 13.8. The SMILES string of the molecule is O=C1O[C@@H](CO)CN1c1ccc2c(c1)oc(=O)n2C(c1ccccc1)(c1ccccc1)c1ccccc1. The fraction of sp³-hybridized carbons (Fsp3) is 0.133. The van der Waals surface area contributed by atoms with Crippen LogP contribution in [-0.2, 0) is 10.3 Å². The summed E-state index contributed by atoms with van der Waals surface area (Å²) in [6.45, 7) is -0.0442. The van der Waals surface area contributed by atoms with Crippen LogP contribution in [0, 0.1) is 0 Å². The molecule has 1 amide bonds. The molecule has 0 spiro atoms. The summed E-state index contributed by atoms with van der Waals surface area (Å²) in [4.78, 5) is 27.5. The molecular weight excluding hydrogens is 468 g/mol. The second-order valence-electron chi connectivity index (χ2n) is 8.96. The van der Waals surface area contributed by atoms with Crippen LogP contribution in [0.25, 0.3) is 11.1 Å². The molecule has 1 atom stereocenters. The predicted octanol–water partition coefficient (Wildman–Crippen LogP) is 4.75. The van der Waals surface area contributed by atoms with Crippen LogP contribution < -0.4 is 10.7 Å². The Hall–Kier alpha value is -4.62. The van der Waals surface area contributed by atoms with Gasteiger partial charge in [-0.3, -0.25) is 9.47 Å². The molecule has 37 heavy (non-hydrogen) atoms. The van der Waals surface area contributed by atoms with E-state index in [4.69, 9.17) is 9.15 Å². The van der Waals surface area contributed by atoms with Crippen LogP contribution in [0.4, 0.5) is 10.5 Å². The first-order chi connectivity index (χ1) is 18.1. The van der Waals surface area contributed by atoms with Crippen molar-refractivity contribution < 1.29 is 19.1 Å². The summed E-state index contributed by atoms with van der Waals surface area (Å²) in [6.07, 6.45) is -1.14. The Morgan fingerprint density at radius 2 is 1.32 bits per heavy atom. The highest BCUT2D eigenvalue weighted by Crippen LogP contribution is 2.42. The van der Waals surface area contributed by atoms with Crippen LogP contribution in [0.15, 0.2) is 118 Å². The van der Waals surface area contributed by atoms with E-state index in [1.165, 1.54) is 4.90 Å². The number of oxazole rings is 1. The Balaban J connectivity index is 1.64. The van der Waals surface area contributed by atoms with Crippen LogP contribution in [-0.4, -0.2) is 35.0 Å². The van der Waals surface area contributed by atoms with Crippen molar-refractivity contribution in [2.75, 3.05) is 18.1 Å². The number of benzene rings is 4. The smallest absolute Gasteiger partial charge is 0.421 e. The summed E-state index contributed by atoms with van der Waals surface area (Å²) < 4.78 is 12.7. The lowest BCUT2D eigenvalue weighted by molar-refractivity contribution is 0.0963. The van der Waals surface area contributed by atoms with Gasteiger partial charge in [-0.2, -0.15) is 0 Å². The Morgan fingerprint density at radius 3 is 1.81 bits per heavy atom. The normalized spacial score (nSPS) is 15.8. The van der Waals surface area contributed by atoms with E-state index in [0.717, 1.165) is 16.7 Å². The third-order valence-corrected chi connectivity index (χ3v) is 6.86. The third kappa shape index (κ3) is 3.63. The minimum Gasteiger partial charge on any atom is -0.441 e. The number of nitrogens with zero attached hydrogens (tertiary/aromatic N) is 2. The summed E-state index contributed by atoms with van der Waals surface area (Å²) in [5, 5.41) is 9.41. The second-order valence-corrected chi connectivity index (χ2v) is 8.96. The van der Waals surface area contributed by atoms with E-state index in [-0.39, 0.29) is 13.2 Å². The fourth-order valence-corrected chi connectivity index (χ4v) is 5.25. The van der Waals surface area contributed by atoms with Crippen LogP contribution in [0.5, 0.6) is 0 Å². The van der Waals surface area contributed by atoms with Gasteiger partial charge in [0, 0.05) is 6.07 Å². The average Bonchev–Trinajstić information content (AvgIpc) is 3.49. The van der Waals surface area contributed by atoms with Crippen LogP contribution in [0.1, 0.15) is 16.7 Å². The summed E-state index contributed by atoms with van der Waals surface area (Å²) >= 11 is 0. The average molecular weight is 493 g/mol. The molecule has 6 rings (SSSR count). The number of carbonyl (C=O) groups is 1. The van der Waals surface area contributed by atoms with Crippen molar-refractivity contribution in [2.24, 2.45) is 0 Å². The number of aromatic nitrogens is 1. The summed E-state index contributed by atoms with van der Waals surface area (Å²) in [5.74, 6) is -0.527. The van der Waals surface area contributed by atoms with E-state index in [1.807, 2.05) is 91.0 Å². The number of anilines is 1. The number of carbonyl (C=O) groups excluding carboxylic acids is 1. The minimum absolute atomic E-state index is 0.216. The second kappa shape index (κ2) is 9.11. The maximum Gasteiger partial charge on any atom is 0.421 e. The van der Waals surface area contributed by atoms with E-state index in [9.17, 15) is 14.7 Å². The number of ether oxygens (including phenoxy) is 1. The first-order valence-electron chi connectivity index (χ1n) is 12.0. The molecular formula is C30H24N2O5. The number of rotatable bonds is 6. The minimum atomic E-state index is -1.03. The lowest BCUT2D eigenvalue weighted by Crippen LogP contribution is -2.42. The first kappa shape index (κ1) is 22.8. The van der Waals surface area contributed by atoms with E-state index >= 15 is 0 Å². The van der Waals surface area contributed by atoms with Gasteiger partial charge in [-0.25, -0.2) is 9.59 Å². The molecule has 1 aliphatic rings. The Bertz CT molecular complexity index is 1510. The van der Waals surface area contributed by atoms with Crippen molar-refractivity contribution >= 4 is 22.9 Å². The molecule has 1 aliphatic heterocycles. The van der Waals surface area contributed by atoms with Crippen molar-refractivity contribution in [3.63, 3.8) is 0 Å². The molecule has 1 N–H and O–H groups in total. The number of aliphatic hydroxyl groups is 1. The van der Waals surface area contributed by atoms with E-state index in [0.29, 0.717) is 16.8 Å². The van der Waals surface area contributed by atoms with Crippen molar-refractivity contribution in [3.8, 4) is 0 Å². The molecule has 0 radical (unpaired) electrons. The maximum atomic E-state index is 13.8. The van der Waals surface area contributed by atoms with Gasteiger partial charge >= 0.3 is 11.8 Å². The number of aliphatic hydroxyl groups excluding tert-OH is 1. The zero-order chi connectivity index (χ0) is 25.4. The van der Waals surface area contributed by atoms with Gasteiger partial charge in [0.25, 0.3) is 0 Å². The van der Waals surface area contributed by atoms with Gasteiger partial charge in [0.2, 0.25) is 0 Å². The van der Waals surface area contributed by atoms with Crippen molar-refractivity contribution in [1.82, 2.24) is 4.57 Å². The Kier molecular flexibility index (Phi) is 5.62. The lowest BCUT2D eigenvalue weighted by Gasteiger charge is -2.36. The van der Waals surface area contributed by atoms with Crippen molar-refractivity contribution in [3.05, 3.63) is 136 Å². The number of fused-ring (bicyclic) bond motifs is 1. The summed E-state index contributed by atoms with van der Waals surface area (Å²) in [5.41, 5.74) is 3.12. The lowest BCUT2D eigenvalue weighted by atomic mass is 9.76. The number of hydrogen-bond acceptors (Lipinski definition) is 5. The molecule has 1 aromatic heterocycles. The standard InChI is InChI=1S/C30H24N2O5/c33-20-25-19-31(28(34)36-25)24-16-17-26-27(18-24)37-29(35)32(26)30(21-10-4-1-5-11-21,22-12-6-2-7-13-22)23-14-8-3-9-15-23/h1-18,25,33H,19-20H2/t25-/m1/s1. The van der Waals surface area contributed by atoms with Crippen LogP contribution in [0.2, 0.25) is 0 Å². The highest BCUT2D eigenvalue weighted by Gasteiger charge is 2.42. The van der Waals surface area contributed by atoms with Crippen LogP contribution in [0.3, 0.4) is 0 Å². The quantitative estimate of drug-likeness (QED) is 0.346. The molecule has 0 aliphatic carbocycles. The van der Waals surface area contributed by atoms with Crippen LogP contribution >= 0.6 is 0 Å².